The van der Waals surface area contributed by atoms with Gasteiger partial charge in [-0.25, -0.2) is 42.8 Å². The van der Waals surface area contributed by atoms with Crippen molar-refractivity contribution in [1.82, 2.24) is 61.3 Å². The molecule has 3 aliphatic heterocycles. The Balaban J connectivity index is 1.22. The molecule has 7 atom stereocenters. The summed E-state index contributed by atoms with van der Waals surface area (Å²) in [6.07, 6.45) is -12.0. The first-order valence-corrected chi connectivity index (χ1v) is 32.8. The lowest BCUT2D eigenvalue weighted by Gasteiger charge is -2.47. The van der Waals surface area contributed by atoms with E-state index in [1.807, 2.05) is 5.32 Å². The summed E-state index contributed by atoms with van der Waals surface area (Å²) in [5.74, 6) is -2.46. The van der Waals surface area contributed by atoms with Crippen molar-refractivity contribution in [2.24, 2.45) is 10.8 Å². The maximum absolute atomic E-state index is 16.7. The Kier molecular flexibility index (Phi) is 25.6. The minimum Gasteiger partial charge on any atom is -0.457 e. The summed E-state index contributed by atoms with van der Waals surface area (Å²) in [5.41, 5.74) is -5.92. The number of fused-ring (bicyclic) bond motifs is 2. The van der Waals surface area contributed by atoms with Gasteiger partial charge in [0.05, 0.1) is 68.1 Å². The van der Waals surface area contributed by atoms with E-state index in [4.69, 9.17) is 14.2 Å². The molecule has 2 bridgehead atoms. The molecule has 0 aliphatic carbocycles. The molecule has 5 aromatic rings. The zero-order valence-corrected chi connectivity index (χ0v) is 58.4. The normalized spacial score (nSPS) is 17.2. The number of alkyl carbamates (subject to hydrolysis) is 3. The van der Waals surface area contributed by atoms with Crippen molar-refractivity contribution in [1.29, 1.82) is 0 Å². The fourth-order valence-electron chi connectivity index (χ4n) is 11.9. The summed E-state index contributed by atoms with van der Waals surface area (Å²) in [5, 5.41) is 12.6. The smallest absolute Gasteiger partial charge is 0.408 e. The largest absolute Gasteiger partial charge is 0.457 e. The van der Waals surface area contributed by atoms with Crippen molar-refractivity contribution in [2.75, 3.05) is 65.6 Å². The van der Waals surface area contributed by atoms with Gasteiger partial charge in [-0.3, -0.25) is 29.5 Å². The van der Waals surface area contributed by atoms with Crippen LogP contribution >= 0.6 is 0 Å². The van der Waals surface area contributed by atoms with Crippen LogP contribution in [0.1, 0.15) is 95.7 Å². The number of carbonyl (C=O) groups excluding carboxylic acids is 7. The van der Waals surface area contributed by atoms with Crippen LogP contribution in [0.3, 0.4) is 0 Å². The van der Waals surface area contributed by atoms with Crippen molar-refractivity contribution in [3.63, 3.8) is 0 Å². The molecule has 0 spiro atoms. The molecule has 3 fully saturated rings. The molecule has 0 radical (unpaired) electrons. The quantitative estimate of drug-likeness (QED) is 0.0115. The number of alkyl halides is 8. The maximum atomic E-state index is 16.7. The molecule has 6 amide bonds. The van der Waals surface area contributed by atoms with E-state index in [9.17, 15) is 42.3 Å². The summed E-state index contributed by atoms with van der Waals surface area (Å²) < 4.78 is 178. The minimum atomic E-state index is -5.35. The first-order chi connectivity index (χ1) is 48.7. The van der Waals surface area contributed by atoms with Gasteiger partial charge in [0.2, 0.25) is 17.8 Å². The lowest BCUT2D eigenvalue weighted by Crippen LogP contribution is -2.64. The number of anilines is 1. The Morgan fingerprint density at radius 1 is 0.683 bits per heavy atom. The topological polar surface area (TPSA) is 282 Å². The molecule has 104 heavy (non-hydrogen) atoms. The van der Waals surface area contributed by atoms with Crippen LogP contribution in [0.4, 0.5) is 64.2 Å². The number of hydrogen-bond acceptors (Lipinski definition) is 18. The summed E-state index contributed by atoms with van der Waals surface area (Å²) in [7, 11) is 2.62. The third-order valence-electron chi connectivity index (χ3n) is 17.9. The number of benzene rings is 3. The average molecular weight is 1470 g/mol. The molecular weight excluding hydrogens is 1390 g/mol. The second kappa shape index (κ2) is 33.3. The number of likely N-dealkylation sites (N-methyl/N-ethyl adjacent to an activating group) is 1. The minimum absolute atomic E-state index is 0.136. The van der Waals surface area contributed by atoms with Gasteiger partial charge >= 0.3 is 43.2 Å². The van der Waals surface area contributed by atoms with E-state index in [1.165, 1.54) is 24.3 Å². The maximum Gasteiger partial charge on any atom is 0.408 e. The highest BCUT2D eigenvalue weighted by atomic mass is 19.4. The number of ether oxygens (including phenoxy) is 5. The first kappa shape index (κ1) is 79.9. The van der Waals surface area contributed by atoms with E-state index >= 15 is 35.1 Å². The van der Waals surface area contributed by atoms with E-state index in [1.54, 1.807) is 68.8 Å². The third kappa shape index (κ3) is 20.3. The lowest BCUT2D eigenvalue weighted by molar-refractivity contribution is -0.221. The number of aromatic nitrogens is 4. The standard InChI is InChI=1S/C69H81F10N13O12/c1-65(2,3)104-64(99)83-52(27-40-14-12-11-13-15-40)59(96)88(8)36-54(93)103-53(35-90(87-58(95)56(85-63(98)101-10)67(6,7)69(77,78)79)34-47-48(70)28-43(29-49(47)71)50-24-25-91(86-50)60(72)73)51(82-57(94)55(84-62(97)100-9)66(4,5)68(74,75)76)26-41-19-16-39(17-20-41)18-21-42-30-80-61(81-31-42)89-32-44-22-23-45(33-89)92(44)46-37-102-38-46/h11-17,19-20,24-25,28-31,44-46,51-53,55-56,60H,22-23,26-27,32-38H2,1-10H3,(H,82,94)(H,83,99)(H,84,97)(H,85,98)(H,87,95)/t44?,45?,51-,52-,53-,55+,56+/m0/s1. The molecule has 5 N–H and O–H groups in total. The fraction of sp³-hybridized carbons (Fsp3) is 0.507. The summed E-state index contributed by atoms with van der Waals surface area (Å²) in [6, 6.07) is 8.41. The molecule has 3 saturated heterocycles. The molecule has 8 rings (SSSR count). The van der Waals surface area contributed by atoms with Crippen LogP contribution < -0.4 is 31.6 Å². The molecule has 0 saturated carbocycles. The second-order valence-corrected chi connectivity index (χ2v) is 27.4. The highest BCUT2D eigenvalue weighted by Crippen LogP contribution is 2.42. The van der Waals surface area contributed by atoms with Crippen LogP contribution in [0.25, 0.3) is 11.3 Å². The van der Waals surface area contributed by atoms with Gasteiger partial charge in [-0.1, -0.05) is 54.3 Å². The van der Waals surface area contributed by atoms with Crippen molar-refractivity contribution in [3.8, 4) is 23.1 Å². The van der Waals surface area contributed by atoms with Gasteiger partial charge in [0.1, 0.15) is 48.0 Å². The Hall–Kier alpha value is -9.82. The van der Waals surface area contributed by atoms with E-state index in [0.717, 1.165) is 64.4 Å². The summed E-state index contributed by atoms with van der Waals surface area (Å²) in [4.78, 5) is 113. The predicted octanol–water partition coefficient (Wildman–Crippen LogP) is 8.16. The lowest BCUT2D eigenvalue weighted by atomic mass is 9.82. The first-order valence-electron chi connectivity index (χ1n) is 32.8. The number of hydrazine groups is 1. The van der Waals surface area contributed by atoms with Gasteiger partial charge in [0.15, 0.2) is 0 Å². The van der Waals surface area contributed by atoms with Crippen LogP contribution in [0.15, 0.2) is 91.4 Å². The molecule has 25 nitrogen and oxygen atoms in total. The highest BCUT2D eigenvalue weighted by Gasteiger charge is 2.58. The number of amides is 6. The van der Waals surface area contributed by atoms with Crippen molar-refractivity contribution < 1.29 is 101 Å². The zero-order chi connectivity index (χ0) is 76.4. The average Bonchev–Trinajstić information content (AvgIpc) is 1.38. The number of rotatable bonds is 26. The van der Waals surface area contributed by atoms with Crippen molar-refractivity contribution in [3.05, 3.63) is 131 Å². The molecule has 35 heteroatoms. The van der Waals surface area contributed by atoms with Gasteiger partial charge in [-0.05, 0) is 109 Å². The van der Waals surface area contributed by atoms with Crippen LogP contribution in [0.2, 0.25) is 0 Å². The van der Waals surface area contributed by atoms with Gasteiger partial charge in [-0.2, -0.15) is 40.2 Å². The Bertz CT molecular complexity index is 3890. The summed E-state index contributed by atoms with van der Waals surface area (Å²) in [6.45, 7) is 2.68. The molecule has 564 valence electrons. The predicted molar refractivity (Wildman–Crippen MR) is 352 cm³/mol. The van der Waals surface area contributed by atoms with Crippen LogP contribution in [-0.4, -0.2) is 204 Å². The molecule has 5 heterocycles. The number of halogens is 10. The van der Waals surface area contributed by atoms with Crippen molar-refractivity contribution in [2.45, 2.75) is 154 Å². The molecule has 3 aromatic carbocycles. The second-order valence-electron chi connectivity index (χ2n) is 27.4. The Morgan fingerprint density at radius 3 is 1.74 bits per heavy atom. The van der Waals surface area contributed by atoms with Crippen LogP contribution in [-0.2, 0) is 62.2 Å². The number of hydrogen-bond donors (Lipinski definition) is 5. The van der Waals surface area contributed by atoms with E-state index < -0.39 is 156 Å². The third-order valence-corrected chi connectivity index (χ3v) is 17.9. The Morgan fingerprint density at radius 2 is 1.23 bits per heavy atom. The Labute approximate surface area is 592 Å². The summed E-state index contributed by atoms with van der Waals surface area (Å²) >= 11 is 0. The molecule has 2 unspecified atom stereocenters. The highest BCUT2D eigenvalue weighted by molar-refractivity contribution is 5.89. The molecule has 3 aliphatic rings. The monoisotopic (exact) mass is 1470 g/mol. The number of carbonyl (C=O) groups is 7. The van der Waals surface area contributed by atoms with Crippen molar-refractivity contribution >= 4 is 47.9 Å². The number of nitrogens with zero attached hydrogens (tertiary/aromatic N) is 8. The van der Waals surface area contributed by atoms with Gasteiger partial charge in [0.25, 0.3) is 5.91 Å². The fourth-order valence-corrected chi connectivity index (χ4v) is 11.9. The van der Waals surface area contributed by atoms with Crippen LogP contribution in [0, 0.1) is 34.3 Å². The number of nitrogens with one attached hydrogen (secondary N) is 5. The number of methoxy groups -OCH3 is 2. The van der Waals surface area contributed by atoms with Gasteiger partial charge in [0, 0.05) is 80.5 Å². The zero-order valence-electron chi connectivity index (χ0n) is 58.4. The molecule has 2 aromatic heterocycles. The van der Waals surface area contributed by atoms with E-state index in [-0.39, 0.29) is 22.4 Å². The van der Waals surface area contributed by atoms with E-state index in [0.29, 0.717) is 98.8 Å². The van der Waals surface area contributed by atoms with Gasteiger partial charge < -0.3 is 54.8 Å². The van der Waals surface area contributed by atoms with Crippen LogP contribution in [0.5, 0.6) is 0 Å². The van der Waals surface area contributed by atoms with Gasteiger partial charge in [-0.15, -0.1) is 0 Å². The number of piperazine rings is 1. The van der Waals surface area contributed by atoms with E-state index in [2.05, 4.69) is 62.2 Å². The SMILES string of the molecule is COC(=O)N[C@H](C(=O)N[C@@H](Cc1ccc(C#Cc2cnc(N3CC4CCC(C3)N4C3COC3)nc2)cc1)[C@H](CN(Cc1c(F)cc(-c2ccn(C(F)F)n2)cc1F)NC(=O)[C@@H](NC(=O)OC)C(C)(C)C(F)(F)F)OC(=O)CN(C)C(=O)[C@H](Cc1ccccc1)NC(=O)OC(C)(C)C)C(C)(C)C(F)(F)F. The molecular formula is C69H81F10N13O12. The number of esters is 1.